The maximum absolute atomic E-state index is 11.8. The molecule has 0 aliphatic rings. The highest BCUT2D eigenvalue weighted by atomic mass is 79.9. The van der Waals surface area contributed by atoms with Crippen LogP contribution in [0.3, 0.4) is 0 Å². The fourth-order valence-electron chi connectivity index (χ4n) is 1.26. The molecule has 1 aromatic rings. The van der Waals surface area contributed by atoms with Gasteiger partial charge in [0, 0.05) is 11.8 Å². The third kappa shape index (κ3) is 4.06. The van der Waals surface area contributed by atoms with E-state index in [0.29, 0.717) is 18.2 Å². The molecule has 1 aromatic carbocycles. The highest BCUT2D eigenvalue weighted by molar-refractivity contribution is 9.09. The molecular formula is C11H13BrO3S. The van der Waals surface area contributed by atoms with Gasteiger partial charge < -0.3 is 0 Å². The largest absolute Gasteiger partial charge is 0.299 e. The van der Waals surface area contributed by atoms with Gasteiger partial charge in [0.15, 0.2) is 9.84 Å². The van der Waals surface area contributed by atoms with Gasteiger partial charge >= 0.3 is 0 Å². The van der Waals surface area contributed by atoms with Gasteiger partial charge in [0.05, 0.1) is 4.90 Å². The zero-order valence-corrected chi connectivity index (χ0v) is 11.1. The summed E-state index contributed by atoms with van der Waals surface area (Å²) in [4.78, 5) is 11.6. The average molecular weight is 305 g/mol. The Morgan fingerprint density at radius 3 is 2.38 bits per heavy atom. The number of alkyl halides is 1. The van der Waals surface area contributed by atoms with E-state index >= 15 is 0 Å². The number of benzene rings is 1. The van der Waals surface area contributed by atoms with E-state index in [1.54, 1.807) is 18.2 Å². The van der Waals surface area contributed by atoms with Crippen molar-refractivity contribution in [2.45, 2.75) is 17.7 Å². The molecule has 0 aromatic heterocycles. The van der Waals surface area contributed by atoms with Crippen LogP contribution in [0.4, 0.5) is 0 Å². The molecule has 0 unspecified atom stereocenters. The molecule has 0 saturated heterocycles. The third-order valence-corrected chi connectivity index (χ3v) is 4.30. The number of Topliss-reactive ketones (excluding diaryl/α,β-unsaturated/α-hetero) is 1. The average Bonchev–Trinajstić information content (AvgIpc) is 2.27. The van der Waals surface area contributed by atoms with Crippen molar-refractivity contribution < 1.29 is 13.2 Å². The van der Waals surface area contributed by atoms with Crippen molar-refractivity contribution in [1.82, 2.24) is 0 Å². The van der Waals surface area contributed by atoms with E-state index in [1.165, 1.54) is 12.1 Å². The van der Waals surface area contributed by atoms with Crippen molar-refractivity contribution >= 4 is 31.6 Å². The molecule has 0 N–H and O–H groups in total. The highest BCUT2D eigenvalue weighted by Gasteiger charge is 2.18. The van der Waals surface area contributed by atoms with Gasteiger partial charge in [-0.1, -0.05) is 34.1 Å². The number of carbonyl (C=O) groups excluding carboxylic acids is 1. The smallest absolute Gasteiger partial charge is 0.185 e. The molecule has 0 fully saturated rings. The molecule has 5 heteroatoms. The van der Waals surface area contributed by atoms with Crippen molar-refractivity contribution in [2.24, 2.45) is 0 Å². The Labute approximate surface area is 104 Å². The standard InChI is InChI=1S/C11H13BrO3S/c12-8-4-5-10(13)9-16(14,15)11-6-2-1-3-7-11/h1-3,6-7H,4-5,8-9H2. The number of hydrogen-bond acceptors (Lipinski definition) is 3. The summed E-state index contributed by atoms with van der Waals surface area (Å²) in [6.07, 6.45) is 0.973. The van der Waals surface area contributed by atoms with Crippen LogP contribution >= 0.6 is 15.9 Å². The minimum absolute atomic E-state index is 0.210. The van der Waals surface area contributed by atoms with Gasteiger partial charge in [-0.2, -0.15) is 0 Å². The molecule has 3 nitrogen and oxygen atoms in total. The number of ketones is 1. The summed E-state index contributed by atoms with van der Waals surface area (Å²) < 4.78 is 23.5. The van der Waals surface area contributed by atoms with Gasteiger partial charge in [0.25, 0.3) is 0 Å². The van der Waals surface area contributed by atoms with Crippen LogP contribution in [-0.2, 0) is 14.6 Å². The van der Waals surface area contributed by atoms with Crippen LogP contribution in [-0.4, -0.2) is 25.3 Å². The number of hydrogen-bond donors (Lipinski definition) is 0. The van der Waals surface area contributed by atoms with Gasteiger partial charge in [-0.15, -0.1) is 0 Å². The number of carbonyl (C=O) groups is 1. The second-order valence-electron chi connectivity index (χ2n) is 3.40. The molecule has 0 saturated carbocycles. The van der Waals surface area contributed by atoms with Gasteiger partial charge in [0.2, 0.25) is 0 Å². The normalized spacial score (nSPS) is 11.3. The lowest BCUT2D eigenvalue weighted by molar-refractivity contribution is -0.116. The van der Waals surface area contributed by atoms with E-state index < -0.39 is 15.6 Å². The summed E-state index contributed by atoms with van der Waals surface area (Å²) in [5.74, 6) is -0.632. The second kappa shape index (κ2) is 6.15. The zero-order valence-electron chi connectivity index (χ0n) is 8.73. The summed E-state index contributed by atoms with van der Waals surface area (Å²) in [6.45, 7) is 0. The van der Waals surface area contributed by atoms with E-state index in [4.69, 9.17) is 0 Å². The lowest BCUT2D eigenvalue weighted by Gasteiger charge is -2.02. The number of sulfone groups is 1. The quantitative estimate of drug-likeness (QED) is 0.757. The fraction of sp³-hybridized carbons (Fsp3) is 0.364. The Hall–Kier alpha value is -0.680. The van der Waals surface area contributed by atoms with Crippen LogP contribution in [0.1, 0.15) is 12.8 Å². The summed E-state index contributed by atoms with van der Waals surface area (Å²) in [7, 11) is -3.45. The molecule has 0 radical (unpaired) electrons. The molecule has 0 bridgehead atoms. The van der Waals surface area contributed by atoms with Gasteiger partial charge in [-0.3, -0.25) is 4.79 Å². The van der Waals surface area contributed by atoms with Crippen LogP contribution in [0, 0.1) is 0 Å². The Bertz CT molecular complexity index is 440. The van der Waals surface area contributed by atoms with Crippen LogP contribution in [0.5, 0.6) is 0 Å². The number of rotatable bonds is 6. The maximum atomic E-state index is 11.8. The molecule has 0 aliphatic carbocycles. The van der Waals surface area contributed by atoms with Gasteiger partial charge in [-0.25, -0.2) is 8.42 Å². The minimum atomic E-state index is -3.45. The second-order valence-corrected chi connectivity index (χ2v) is 6.19. The summed E-state index contributed by atoms with van der Waals surface area (Å²) >= 11 is 3.20. The SMILES string of the molecule is O=C(CCCBr)CS(=O)(=O)c1ccccc1. The summed E-state index contributed by atoms with van der Waals surface area (Å²) in [6, 6.07) is 8.05. The first-order chi connectivity index (χ1) is 7.56. The molecule has 0 amide bonds. The maximum Gasteiger partial charge on any atom is 0.185 e. The summed E-state index contributed by atoms with van der Waals surface area (Å²) in [5, 5.41) is 0.712. The summed E-state index contributed by atoms with van der Waals surface area (Å²) in [5.41, 5.74) is 0. The van der Waals surface area contributed by atoms with Crippen LogP contribution < -0.4 is 0 Å². The highest BCUT2D eigenvalue weighted by Crippen LogP contribution is 2.11. The van der Waals surface area contributed by atoms with Crippen LogP contribution in [0.25, 0.3) is 0 Å². The third-order valence-electron chi connectivity index (χ3n) is 2.04. The van der Waals surface area contributed by atoms with E-state index in [1.807, 2.05) is 0 Å². The van der Waals surface area contributed by atoms with Crippen molar-refractivity contribution in [3.05, 3.63) is 30.3 Å². The molecular weight excluding hydrogens is 292 g/mol. The van der Waals surface area contributed by atoms with Crippen LogP contribution in [0.15, 0.2) is 35.2 Å². The lowest BCUT2D eigenvalue weighted by atomic mass is 10.3. The number of halogens is 1. The first-order valence-corrected chi connectivity index (χ1v) is 7.69. The molecule has 0 atom stereocenters. The Morgan fingerprint density at radius 1 is 1.19 bits per heavy atom. The molecule has 1 rings (SSSR count). The first-order valence-electron chi connectivity index (χ1n) is 4.92. The van der Waals surface area contributed by atoms with E-state index in [2.05, 4.69) is 15.9 Å². The Kier molecular flexibility index (Phi) is 5.15. The molecule has 88 valence electrons. The topological polar surface area (TPSA) is 51.2 Å². The van der Waals surface area contributed by atoms with E-state index in [9.17, 15) is 13.2 Å². The van der Waals surface area contributed by atoms with E-state index in [-0.39, 0.29) is 10.7 Å². The predicted octanol–water partition coefficient (Wildman–Crippen LogP) is 2.20. The van der Waals surface area contributed by atoms with Gasteiger partial charge in [0.1, 0.15) is 11.5 Å². The first kappa shape index (κ1) is 13.4. The molecule has 0 spiro atoms. The van der Waals surface area contributed by atoms with Gasteiger partial charge in [-0.05, 0) is 18.6 Å². The minimum Gasteiger partial charge on any atom is -0.299 e. The van der Waals surface area contributed by atoms with Crippen molar-refractivity contribution in [3.63, 3.8) is 0 Å². The van der Waals surface area contributed by atoms with Crippen molar-refractivity contribution in [2.75, 3.05) is 11.1 Å². The van der Waals surface area contributed by atoms with Crippen molar-refractivity contribution in [1.29, 1.82) is 0 Å². The molecule has 0 aliphatic heterocycles. The predicted molar refractivity (Wildman–Crippen MR) is 66.5 cm³/mol. The Balaban J connectivity index is 2.70. The fourth-order valence-corrected chi connectivity index (χ4v) is 2.85. The van der Waals surface area contributed by atoms with Crippen molar-refractivity contribution in [3.8, 4) is 0 Å². The zero-order chi connectivity index (χ0) is 12.0. The van der Waals surface area contributed by atoms with E-state index in [0.717, 1.165) is 0 Å². The Morgan fingerprint density at radius 2 is 1.81 bits per heavy atom. The van der Waals surface area contributed by atoms with Crippen LogP contribution in [0.2, 0.25) is 0 Å². The monoisotopic (exact) mass is 304 g/mol. The molecule has 0 heterocycles. The molecule has 16 heavy (non-hydrogen) atoms. The lowest BCUT2D eigenvalue weighted by Crippen LogP contribution is -2.16.